The van der Waals surface area contributed by atoms with Gasteiger partial charge in [-0.25, -0.2) is 26.8 Å². The highest BCUT2D eigenvalue weighted by Crippen LogP contribution is 2.21. The Bertz CT molecular complexity index is 853. The normalized spacial score (nSPS) is 12.1. The summed E-state index contributed by atoms with van der Waals surface area (Å²) in [6, 6.07) is 12.0. The molecule has 0 aliphatic carbocycles. The molecule has 16 heteroatoms. The molecule has 28 heavy (non-hydrogen) atoms. The molecule has 0 unspecified atom stereocenters. The lowest BCUT2D eigenvalue weighted by Gasteiger charge is -2.08. The van der Waals surface area contributed by atoms with Crippen LogP contribution in [0.5, 0.6) is 0 Å². The Morgan fingerprint density at radius 3 is 1.04 bits per heavy atom. The van der Waals surface area contributed by atoms with Crippen molar-refractivity contribution in [1.29, 1.82) is 0 Å². The van der Waals surface area contributed by atoms with Crippen LogP contribution < -0.4 is 9.97 Å². The first-order valence-corrected chi connectivity index (χ1v) is 9.26. The van der Waals surface area contributed by atoms with Crippen molar-refractivity contribution < 1.29 is 62.3 Å². The first-order chi connectivity index (χ1) is 12.5. The number of nitrogens with one attached hydrogen (secondary N) is 2. The number of aromatic amines is 2. The van der Waals surface area contributed by atoms with Crippen molar-refractivity contribution in [1.82, 2.24) is 0 Å². The van der Waals surface area contributed by atoms with E-state index in [-0.39, 0.29) is 0 Å². The third-order valence-electron chi connectivity index (χ3n) is 2.28. The quantitative estimate of drug-likeness (QED) is 0.357. The molecule has 0 spiro atoms. The molecule has 0 radical (unpaired) electrons. The van der Waals surface area contributed by atoms with Crippen LogP contribution in [-0.2, 0) is 20.2 Å². The van der Waals surface area contributed by atoms with Crippen LogP contribution in [0.2, 0.25) is 0 Å². The third kappa shape index (κ3) is 9.58. The number of hydrogen-bond donors (Lipinski definition) is 0. The summed E-state index contributed by atoms with van der Waals surface area (Å²) in [4.78, 5) is 6.31. The Morgan fingerprint density at radius 2 is 0.893 bits per heavy atom. The van der Waals surface area contributed by atoms with Crippen LogP contribution in [0.15, 0.2) is 48.8 Å². The summed E-state index contributed by atoms with van der Waals surface area (Å²) in [5, 5.41) is 0. The van der Waals surface area contributed by atoms with Crippen molar-refractivity contribution in [2.24, 2.45) is 0 Å². The Labute approximate surface area is 154 Å². The van der Waals surface area contributed by atoms with E-state index < -0.39 is 31.3 Å². The lowest BCUT2D eigenvalue weighted by Crippen LogP contribution is -2.21. The summed E-state index contributed by atoms with van der Waals surface area (Å²) < 4.78 is 118. The van der Waals surface area contributed by atoms with Gasteiger partial charge in [0.2, 0.25) is 0 Å². The molecule has 0 aliphatic rings. The second-order valence-corrected chi connectivity index (χ2v) is 7.09. The lowest BCUT2D eigenvalue weighted by molar-refractivity contribution is -0.402. The second-order valence-electron chi connectivity index (χ2n) is 4.35. The van der Waals surface area contributed by atoms with Gasteiger partial charge in [-0.2, -0.15) is 26.3 Å². The Morgan fingerprint density at radius 1 is 0.643 bits per heavy atom. The zero-order valence-corrected chi connectivity index (χ0v) is 14.8. The zero-order valence-electron chi connectivity index (χ0n) is 13.2. The molecule has 158 valence electrons. The molecule has 2 heterocycles. The summed E-state index contributed by atoms with van der Waals surface area (Å²) in [5.74, 6) is 0. The third-order valence-corrected chi connectivity index (χ3v) is 3.41. The van der Waals surface area contributed by atoms with Crippen molar-refractivity contribution in [2.75, 3.05) is 0 Å². The Hall–Kier alpha value is -2.30. The van der Waals surface area contributed by atoms with Crippen LogP contribution in [0.3, 0.4) is 0 Å². The van der Waals surface area contributed by atoms with Gasteiger partial charge in [0.15, 0.2) is 32.6 Å². The first-order valence-electron chi connectivity index (χ1n) is 6.45. The maximum atomic E-state index is 10.7. The van der Waals surface area contributed by atoms with E-state index >= 15 is 0 Å². The minimum Gasteiger partial charge on any atom is -0.741 e. The van der Waals surface area contributed by atoms with Gasteiger partial charge in [-0.05, 0) is 12.1 Å². The van der Waals surface area contributed by atoms with Crippen molar-refractivity contribution in [2.45, 2.75) is 11.0 Å². The molecule has 2 rings (SSSR count). The molecule has 0 aromatic carbocycles. The molecule has 2 aromatic heterocycles. The van der Waals surface area contributed by atoms with Gasteiger partial charge in [-0.3, -0.25) is 0 Å². The Balaban J connectivity index is 0.000000408. The largest absolute Gasteiger partial charge is 0.741 e. The maximum Gasteiger partial charge on any atom is 0.485 e. The van der Waals surface area contributed by atoms with E-state index in [1.807, 2.05) is 48.8 Å². The fourth-order valence-electron chi connectivity index (χ4n) is 1.12. The van der Waals surface area contributed by atoms with Crippen LogP contribution in [0.1, 0.15) is 0 Å². The van der Waals surface area contributed by atoms with Gasteiger partial charge in [0, 0.05) is 24.3 Å². The zero-order chi connectivity index (χ0) is 22.2. The fourth-order valence-corrected chi connectivity index (χ4v) is 1.12. The van der Waals surface area contributed by atoms with E-state index in [9.17, 15) is 26.3 Å². The van der Waals surface area contributed by atoms with Gasteiger partial charge in [0.1, 0.15) is 0 Å². The minimum absolute atomic E-state index is 1.10. The average Bonchev–Trinajstić information content (AvgIpc) is 2.54. The van der Waals surface area contributed by atoms with E-state index in [4.69, 9.17) is 25.9 Å². The molecule has 0 bridgehead atoms. The van der Waals surface area contributed by atoms with E-state index in [0.717, 1.165) is 11.4 Å². The number of pyridine rings is 2. The standard InChI is InChI=1S/C10H8N2.2CHF3O3S/c1-3-7-11-9(5-1)10-6-2-4-8-12-10;2*2-1(3,4)8(5,6)7/h1-8H;2*(H,5,6,7). The number of alkyl halides is 6. The molecular weight excluding hydrogens is 446 g/mol. The van der Waals surface area contributed by atoms with Gasteiger partial charge >= 0.3 is 11.0 Å². The van der Waals surface area contributed by atoms with Crippen LogP contribution in [-0.4, -0.2) is 37.0 Å². The smallest absolute Gasteiger partial charge is 0.485 e. The monoisotopic (exact) mass is 456 g/mol. The first kappa shape index (κ1) is 25.7. The summed E-state index contributed by atoms with van der Waals surface area (Å²) in [7, 11) is -12.2. The van der Waals surface area contributed by atoms with Gasteiger partial charge in [-0.15, -0.1) is 0 Å². The van der Waals surface area contributed by atoms with E-state index in [1.54, 1.807) is 0 Å². The van der Waals surface area contributed by atoms with Gasteiger partial charge in [-0.1, -0.05) is 0 Å². The topological polar surface area (TPSA) is 143 Å². The van der Waals surface area contributed by atoms with Gasteiger partial charge in [0.05, 0.1) is 0 Å². The molecular formula is C12H10F6N2O6S2. The molecule has 0 aliphatic heterocycles. The Kier molecular flexibility index (Phi) is 8.96. The summed E-state index contributed by atoms with van der Waals surface area (Å²) in [5.41, 5.74) is -9.10. The molecule has 0 saturated heterocycles. The van der Waals surface area contributed by atoms with Crippen LogP contribution in [0.4, 0.5) is 26.3 Å². The predicted octanol–water partition coefficient (Wildman–Crippen LogP) is 1.08. The number of H-pyrrole nitrogens is 2. The van der Waals surface area contributed by atoms with Gasteiger partial charge in [0.25, 0.3) is 11.4 Å². The van der Waals surface area contributed by atoms with E-state index in [0.29, 0.717) is 0 Å². The van der Waals surface area contributed by atoms with Crippen molar-refractivity contribution in [3.8, 4) is 11.4 Å². The molecule has 8 nitrogen and oxygen atoms in total. The molecule has 2 aromatic rings. The number of halogens is 6. The number of rotatable bonds is 1. The van der Waals surface area contributed by atoms with E-state index in [1.165, 1.54) is 0 Å². The second kappa shape index (κ2) is 9.76. The van der Waals surface area contributed by atoms with Crippen LogP contribution in [0, 0.1) is 0 Å². The molecule has 0 fully saturated rings. The highest BCUT2D eigenvalue weighted by molar-refractivity contribution is 7.86. The van der Waals surface area contributed by atoms with Crippen molar-refractivity contribution in [3.63, 3.8) is 0 Å². The minimum atomic E-state index is -6.09. The highest BCUT2D eigenvalue weighted by Gasteiger charge is 2.37. The molecule has 2 N–H and O–H groups in total. The van der Waals surface area contributed by atoms with Crippen molar-refractivity contribution >= 4 is 20.2 Å². The summed E-state index contributed by atoms with van der Waals surface area (Å²) in [6.45, 7) is 0. The molecule has 0 saturated carbocycles. The molecule has 0 atom stereocenters. The van der Waals surface area contributed by atoms with E-state index in [2.05, 4.69) is 9.97 Å². The SMILES string of the molecule is O=S(=O)([O-])C(F)(F)F.O=S(=O)([O-])C(F)(F)F.c1ccc(-c2cccc[nH+]2)[nH+]c1. The summed E-state index contributed by atoms with van der Waals surface area (Å²) in [6.07, 6.45) is 3.83. The fraction of sp³-hybridized carbons (Fsp3) is 0.167. The predicted molar refractivity (Wildman–Crippen MR) is 76.5 cm³/mol. The summed E-state index contributed by atoms with van der Waals surface area (Å²) >= 11 is 0. The lowest BCUT2D eigenvalue weighted by atomic mass is 10.2. The number of aromatic nitrogens is 2. The maximum absolute atomic E-state index is 10.7. The highest BCUT2D eigenvalue weighted by atomic mass is 32.2. The van der Waals surface area contributed by atoms with Crippen molar-refractivity contribution in [3.05, 3.63) is 48.8 Å². The van der Waals surface area contributed by atoms with Crippen LogP contribution >= 0.6 is 0 Å². The number of hydrogen-bond acceptors (Lipinski definition) is 6. The van der Waals surface area contributed by atoms with Crippen LogP contribution in [0.25, 0.3) is 11.4 Å². The molecule has 0 amide bonds. The van der Waals surface area contributed by atoms with Gasteiger partial charge < -0.3 is 9.11 Å². The average molecular weight is 456 g/mol.